The predicted octanol–water partition coefficient (Wildman–Crippen LogP) is 4.50. The van der Waals surface area contributed by atoms with E-state index < -0.39 is 0 Å². The molecule has 1 fully saturated rings. The van der Waals surface area contributed by atoms with Gasteiger partial charge in [-0.1, -0.05) is 31.5 Å². The molecule has 1 nitrogen and oxygen atoms in total. The standard InChI is InChI=1S/C16H22ClN/c1-16(2)8-7-13(10-16)18-15-6-3-11-9-12(17)4-5-14(11)15/h4-5,9,13,15,18H,3,6-8,10H2,1-2H3. The third-order valence-electron chi connectivity index (χ3n) is 4.59. The minimum Gasteiger partial charge on any atom is -0.307 e. The first-order valence-corrected chi connectivity index (χ1v) is 7.46. The number of nitrogens with one attached hydrogen (secondary N) is 1. The zero-order valence-electron chi connectivity index (χ0n) is 11.3. The molecular weight excluding hydrogens is 242 g/mol. The highest BCUT2D eigenvalue weighted by atomic mass is 35.5. The van der Waals surface area contributed by atoms with Crippen LogP contribution >= 0.6 is 11.6 Å². The van der Waals surface area contributed by atoms with Crippen molar-refractivity contribution in [3.05, 3.63) is 34.3 Å². The van der Waals surface area contributed by atoms with E-state index in [0.717, 1.165) is 5.02 Å². The van der Waals surface area contributed by atoms with E-state index in [1.807, 2.05) is 6.07 Å². The lowest BCUT2D eigenvalue weighted by molar-refractivity contribution is 0.352. The van der Waals surface area contributed by atoms with Crippen molar-refractivity contribution in [3.8, 4) is 0 Å². The Kier molecular flexibility index (Phi) is 3.15. The highest BCUT2D eigenvalue weighted by molar-refractivity contribution is 6.30. The number of rotatable bonds is 2. The monoisotopic (exact) mass is 263 g/mol. The van der Waals surface area contributed by atoms with Crippen molar-refractivity contribution in [2.24, 2.45) is 5.41 Å². The summed E-state index contributed by atoms with van der Waals surface area (Å²) in [5, 5.41) is 4.74. The molecule has 1 N–H and O–H groups in total. The Balaban J connectivity index is 1.70. The van der Waals surface area contributed by atoms with Crippen LogP contribution in [0, 0.1) is 5.41 Å². The van der Waals surface area contributed by atoms with Crippen molar-refractivity contribution in [2.75, 3.05) is 0 Å². The van der Waals surface area contributed by atoms with Crippen molar-refractivity contribution in [2.45, 2.75) is 58.0 Å². The van der Waals surface area contributed by atoms with Gasteiger partial charge in [-0.15, -0.1) is 0 Å². The quantitative estimate of drug-likeness (QED) is 0.829. The molecule has 2 atom stereocenters. The minimum absolute atomic E-state index is 0.527. The molecule has 0 saturated heterocycles. The van der Waals surface area contributed by atoms with Crippen LogP contribution in [0.4, 0.5) is 0 Å². The van der Waals surface area contributed by atoms with E-state index in [4.69, 9.17) is 11.6 Å². The summed E-state index contributed by atoms with van der Waals surface area (Å²) in [5.41, 5.74) is 3.44. The van der Waals surface area contributed by atoms with Crippen molar-refractivity contribution < 1.29 is 0 Å². The van der Waals surface area contributed by atoms with Crippen LogP contribution in [-0.4, -0.2) is 6.04 Å². The van der Waals surface area contributed by atoms with Crippen molar-refractivity contribution >= 4 is 11.6 Å². The molecule has 0 amide bonds. The van der Waals surface area contributed by atoms with Crippen LogP contribution in [0.5, 0.6) is 0 Å². The average Bonchev–Trinajstić information content (AvgIpc) is 2.83. The lowest BCUT2D eigenvalue weighted by Crippen LogP contribution is -2.30. The number of benzene rings is 1. The van der Waals surface area contributed by atoms with Gasteiger partial charge >= 0.3 is 0 Å². The fourth-order valence-corrected chi connectivity index (χ4v) is 3.82. The van der Waals surface area contributed by atoms with E-state index in [1.54, 1.807) is 0 Å². The Hall–Kier alpha value is -0.530. The zero-order valence-corrected chi connectivity index (χ0v) is 12.1. The Labute approximate surface area is 115 Å². The van der Waals surface area contributed by atoms with Gasteiger partial charge in [-0.2, -0.15) is 0 Å². The number of hydrogen-bond donors (Lipinski definition) is 1. The summed E-state index contributed by atoms with van der Waals surface area (Å²) in [6, 6.07) is 7.63. The van der Waals surface area contributed by atoms with Crippen molar-refractivity contribution in [1.82, 2.24) is 5.32 Å². The third-order valence-corrected chi connectivity index (χ3v) is 4.82. The molecule has 0 bridgehead atoms. The molecule has 2 aliphatic rings. The maximum Gasteiger partial charge on any atom is 0.0408 e. The first-order valence-electron chi connectivity index (χ1n) is 7.08. The lowest BCUT2D eigenvalue weighted by atomic mass is 9.91. The van der Waals surface area contributed by atoms with Crippen LogP contribution in [0.2, 0.25) is 5.02 Å². The van der Waals surface area contributed by atoms with E-state index in [9.17, 15) is 0 Å². The maximum atomic E-state index is 6.06. The summed E-state index contributed by atoms with van der Waals surface area (Å²) in [6.45, 7) is 4.77. The average molecular weight is 264 g/mol. The molecule has 98 valence electrons. The maximum absolute atomic E-state index is 6.06. The zero-order chi connectivity index (χ0) is 12.8. The van der Waals surface area contributed by atoms with Crippen molar-refractivity contribution in [1.29, 1.82) is 0 Å². The molecule has 0 heterocycles. The second kappa shape index (κ2) is 4.54. The van der Waals surface area contributed by atoms with Gasteiger partial charge in [0.2, 0.25) is 0 Å². The number of fused-ring (bicyclic) bond motifs is 1. The molecule has 18 heavy (non-hydrogen) atoms. The molecule has 1 aromatic rings. The van der Waals surface area contributed by atoms with Gasteiger partial charge in [0, 0.05) is 17.1 Å². The molecule has 3 rings (SSSR count). The van der Waals surface area contributed by atoms with Gasteiger partial charge in [0.25, 0.3) is 0 Å². The predicted molar refractivity (Wildman–Crippen MR) is 77.1 cm³/mol. The van der Waals surface area contributed by atoms with Crippen LogP contribution in [0.15, 0.2) is 18.2 Å². The molecule has 2 heteroatoms. The summed E-state index contributed by atoms with van der Waals surface area (Å²) in [5.74, 6) is 0. The van der Waals surface area contributed by atoms with E-state index in [2.05, 4.69) is 31.3 Å². The number of hydrogen-bond acceptors (Lipinski definition) is 1. The van der Waals surface area contributed by atoms with E-state index in [1.165, 1.54) is 43.2 Å². The number of aryl methyl sites for hydroxylation is 1. The highest BCUT2D eigenvalue weighted by Gasteiger charge is 2.33. The smallest absolute Gasteiger partial charge is 0.0408 e. The number of halogens is 1. The summed E-state index contributed by atoms with van der Waals surface area (Å²) >= 11 is 6.06. The van der Waals surface area contributed by atoms with Crippen LogP contribution in [-0.2, 0) is 6.42 Å². The molecule has 0 aliphatic heterocycles. The van der Waals surface area contributed by atoms with Gasteiger partial charge in [-0.05, 0) is 60.8 Å². The van der Waals surface area contributed by atoms with Crippen LogP contribution in [0.1, 0.15) is 56.7 Å². The van der Waals surface area contributed by atoms with Gasteiger partial charge in [0.15, 0.2) is 0 Å². The Bertz CT molecular complexity index is 452. The van der Waals surface area contributed by atoms with Gasteiger partial charge in [-0.25, -0.2) is 0 Å². The normalized spacial score (nSPS) is 29.5. The van der Waals surface area contributed by atoms with E-state index in [0.29, 0.717) is 17.5 Å². The summed E-state index contributed by atoms with van der Waals surface area (Å²) < 4.78 is 0. The first kappa shape index (κ1) is 12.5. The first-order chi connectivity index (χ1) is 8.53. The summed E-state index contributed by atoms with van der Waals surface area (Å²) in [4.78, 5) is 0. The molecule has 2 unspecified atom stereocenters. The van der Waals surface area contributed by atoms with Crippen LogP contribution in [0.25, 0.3) is 0 Å². The Morgan fingerprint density at radius 1 is 1.28 bits per heavy atom. The van der Waals surface area contributed by atoms with Crippen molar-refractivity contribution in [3.63, 3.8) is 0 Å². The largest absolute Gasteiger partial charge is 0.307 e. The lowest BCUT2D eigenvalue weighted by Gasteiger charge is -2.22. The second-order valence-electron chi connectivity index (χ2n) is 6.70. The van der Waals surface area contributed by atoms with Gasteiger partial charge in [0.1, 0.15) is 0 Å². The fraction of sp³-hybridized carbons (Fsp3) is 0.625. The molecular formula is C16H22ClN. The van der Waals surface area contributed by atoms with Gasteiger partial charge in [0.05, 0.1) is 0 Å². The third kappa shape index (κ3) is 2.44. The summed E-state index contributed by atoms with van der Waals surface area (Å²) in [6.07, 6.45) is 6.39. The van der Waals surface area contributed by atoms with E-state index >= 15 is 0 Å². The molecule has 0 radical (unpaired) electrons. The molecule has 0 aromatic heterocycles. The van der Waals surface area contributed by atoms with E-state index in [-0.39, 0.29) is 0 Å². The van der Waals surface area contributed by atoms with Crippen LogP contribution < -0.4 is 5.32 Å². The second-order valence-corrected chi connectivity index (χ2v) is 7.14. The molecule has 0 spiro atoms. The molecule has 2 aliphatic carbocycles. The Morgan fingerprint density at radius 3 is 2.83 bits per heavy atom. The molecule has 1 saturated carbocycles. The van der Waals surface area contributed by atoms with Gasteiger partial charge < -0.3 is 5.32 Å². The Morgan fingerprint density at radius 2 is 2.11 bits per heavy atom. The topological polar surface area (TPSA) is 12.0 Å². The minimum atomic E-state index is 0.527. The summed E-state index contributed by atoms with van der Waals surface area (Å²) in [7, 11) is 0. The fourth-order valence-electron chi connectivity index (χ4n) is 3.62. The highest BCUT2D eigenvalue weighted by Crippen LogP contribution is 2.40. The SMILES string of the molecule is CC1(C)CCC(NC2CCc3cc(Cl)ccc32)C1. The van der Waals surface area contributed by atoms with Crippen LogP contribution in [0.3, 0.4) is 0 Å². The van der Waals surface area contributed by atoms with Gasteiger partial charge in [-0.3, -0.25) is 0 Å². The molecule has 1 aromatic carbocycles.